The minimum absolute atomic E-state index is 0.317. The molecule has 1 aromatic carbocycles. The highest BCUT2D eigenvalue weighted by Gasteiger charge is 2.10. The van der Waals surface area contributed by atoms with Gasteiger partial charge in [-0.15, -0.1) is 0 Å². The van der Waals surface area contributed by atoms with E-state index in [2.05, 4.69) is 23.1 Å². The lowest BCUT2D eigenvalue weighted by atomic mass is 10.1. The molecule has 4 heteroatoms. The molecule has 0 amide bonds. The number of likely N-dealkylation sites (tertiary alicyclic amines) is 1. The molecular formula is C17H26N2O2. The normalized spacial score (nSPS) is 15.7. The van der Waals surface area contributed by atoms with Gasteiger partial charge in [0.2, 0.25) is 0 Å². The summed E-state index contributed by atoms with van der Waals surface area (Å²) in [6.45, 7) is 4.07. The average Bonchev–Trinajstić information content (AvgIpc) is 2.52. The topological polar surface area (TPSA) is 45.6 Å². The third kappa shape index (κ3) is 5.76. The maximum absolute atomic E-state index is 7.41. The molecule has 1 N–H and O–H groups in total. The summed E-state index contributed by atoms with van der Waals surface area (Å²) in [5, 5.41) is 7.41. The van der Waals surface area contributed by atoms with Gasteiger partial charge in [0, 0.05) is 13.0 Å². The number of ether oxygens (including phenoxy) is 2. The molecule has 1 fully saturated rings. The van der Waals surface area contributed by atoms with Crippen LogP contribution in [0.15, 0.2) is 24.3 Å². The van der Waals surface area contributed by atoms with E-state index in [0.717, 1.165) is 18.7 Å². The molecule has 0 bridgehead atoms. The molecule has 4 nitrogen and oxygen atoms in total. The van der Waals surface area contributed by atoms with E-state index in [9.17, 15) is 0 Å². The van der Waals surface area contributed by atoms with E-state index in [1.54, 1.807) is 0 Å². The molecule has 1 aromatic rings. The summed E-state index contributed by atoms with van der Waals surface area (Å²) in [5.74, 6) is 1.24. The largest absolute Gasteiger partial charge is 0.494 e. The molecule has 116 valence electrons. The SMILES string of the molecule is COC(=N)CCCOc1cccc(CN2CCCCC2)c1. The summed E-state index contributed by atoms with van der Waals surface area (Å²) in [6.07, 6.45) is 5.45. The van der Waals surface area contributed by atoms with Gasteiger partial charge in [-0.1, -0.05) is 18.6 Å². The Labute approximate surface area is 127 Å². The number of nitrogens with zero attached hydrogens (tertiary/aromatic N) is 1. The van der Waals surface area contributed by atoms with Gasteiger partial charge in [0.25, 0.3) is 0 Å². The smallest absolute Gasteiger partial charge is 0.180 e. The van der Waals surface area contributed by atoms with Crippen LogP contribution in [-0.2, 0) is 11.3 Å². The van der Waals surface area contributed by atoms with Crippen molar-refractivity contribution >= 4 is 5.90 Å². The number of rotatable bonds is 7. The molecule has 0 aromatic heterocycles. The maximum Gasteiger partial charge on any atom is 0.180 e. The number of nitrogens with one attached hydrogen (secondary N) is 1. The van der Waals surface area contributed by atoms with E-state index in [0.29, 0.717) is 18.9 Å². The van der Waals surface area contributed by atoms with Crippen molar-refractivity contribution in [2.45, 2.75) is 38.6 Å². The fraction of sp³-hybridized carbons (Fsp3) is 0.588. The Hall–Kier alpha value is -1.55. The van der Waals surface area contributed by atoms with Gasteiger partial charge in [0.05, 0.1) is 13.7 Å². The molecular weight excluding hydrogens is 264 g/mol. The van der Waals surface area contributed by atoms with Crippen molar-refractivity contribution in [3.8, 4) is 5.75 Å². The van der Waals surface area contributed by atoms with Crippen LogP contribution < -0.4 is 4.74 Å². The van der Waals surface area contributed by atoms with Crippen LogP contribution in [0.5, 0.6) is 5.75 Å². The van der Waals surface area contributed by atoms with E-state index >= 15 is 0 Å². The van der Waals surface area contributed by atoms with Gasteiger partial charge < -0.3 is 9.47 Å². The van der Waals surface area contributed by atoms with Crippen molar-refractivity contribution in [1.82, 2.24) is 4.90 Å². The average molecular weight is 290 g/mol. The highest BCUT2D eigenvalue weighted by atomic mass is 16.5. The van der Waals surface area contributed by atoms with Crippen molar-refractivity contribution in [2.24, 2.45) is 0 Å². The van der Waals surface area contributed by atoms with Crippen molar-refractivity contribution < 1.29 is 9.47 Å². The van der Waals surface area contributed by atoms with Crippen molar-refractivity contribution in [1.29, 1.82) is 5.41 Å². The number of benzene rings is 1. The van der Waals surface area contributed by atoms with Crippen LogP contribution in [0.25, 0.3) is 0 Å². The third-order valence-corrected chi connectivity index (χ3v) is 3.82. The van der Waals surface area contributed by atoms with Crippen molar-refractivity contribution in [3.05, 3.63) is 29.8 Å². The van der Waals surface area contributed by atoms with Crippen LogP contribution in [0.3, 0.4) is 0 Å². The Morgan fingerprint density at radius 3 is 2.81 bits per heavy atom. The summed E-state index contributed by atoms with van der Waals surface area (Å²) in [7, 11) is 1.53. The predicted octanol–water partition coefficient (Wildman–Crippen LogP) is 3.46. The second kappa shape index (κ2) is 8.67. The van der Waals surface area contributed by atoms with Crippen molar-refractivity contribution in [2.75, 3.05) is 26.8 Å². The number of hydrogen-bond acceptors (Lipinski definition) is 4. The minimum atomic E-state index is 0.317. The third-order valence-electron chi connectivity index (χ3n) is 3.82. The second-order valence-electron chi connectivity index (χ2n) is 5.56. The molecule has 0 saturated carbocycles. The first-order valence-electron chi connectivity index (χ1n) is 7.83. The summed E-state index contributed by atoms with van der Waals surface area (Å²) in [4.78, 5) is 2.52. The summed E-state index contributed by atoms with van der Waals surface area (Å²) >= 11 is 0. The molecule has 0 unspecified atom stereocenters. The lowest BCUT2D eigenvalue weighted by Gasteiger charge is -2.26. The Kier molecular flexibility index (Phi) is 6.54. The van der Waals surface area contributed by atoms with Gasteiger partial charge in [0.1, 0.15) is 5.75 Å². The Morgan fingerprint density at radius 1 is 1.24 bits per heavy atom. The first-order valence-corrected chi connectivity index (χ1v) is 7.83. The van der Waals surface area contributed by atoms with Crippen LogP contribution in [0.4, 0.5) is 0 Å². The molecule has 1 saturated heterocycles. The van der Waals surface area contributed by atoms with E-state index in [1.165, 1.54) is 45.0 Å². The molecule has 21 heavy (non-hydrogen) atoms. The van der Waals surface area contributed by atoms with Crippen molar-refractivity contribution in [3.63, 3.8) is 0 Å². The van der Waals surface area contributed by atoms with Gasteiger partial charge in [-0.05, 0) is 50.0 Å². The molecule has 1 heterocycles. The van der Waals surface area contributed by atoms with Gasteiger partial charge in [-0.2, -0.15) is 0 Å². The Bertz CT molecular complexity index is 442. The summed E-state index contributed by atoms with van der Waals surface area (Å²) in [6, 6.07) is 8.37. The minimum Gasteiger partial charge on any atom is -0.494 e. The van der Waals surface area contributed by atoms with Crippen LogP contribution in [0, 0.1) is 5.41 Å². The highest BCUT2D eigenvalue weighted by Crippen LogP contribution is 2.17. The fourth-order valence-electron chi connectivity index (χ4n) is 2.63. The van der Waals surface area contributed by atoms with Crippen LogP contribution in [0.1, 0.15) is 37.7 Å². The Balaban J connectivity index is 1.76. The van der Waals surface area contributed by atoms with Crippen LogP contribution in [-0.4, -0.2) is 37.6 Å². The molecule has 0 radical (unpaired) electrons. The quantitative estimate of drug-likeness (QED) is 0.475. The first kappa shape index (κ1) is 15.8. The zero-order valence-corrected chi connectivity index (χ0v) is 12.9. The molecule has 1 aliphatic heterocycles. The van der Waals surface area contributed by atoms with E-state index < -0.39 is 0 Å². The molecule has 1 aliphatic rings. The highest BCUT2D eigenvalue weighted by molar-refractivity contribution is 5.72. The summed E-state index contributed by atoms with van der Waals surface area (Å²) < 4.78 is 10.6. The Morgan fingerprint density at radius 2 is 2.05 bits per heavy atom. The zero-order chi connectivity index (χ0) is 14.9. The number of piperidine rings is 1. The van der Waals surface area contributed by atoms with E-state index in [1.807, 2.05) is 6.07 Å². The van der Waals surface area contributed by atoms with Gasteiger partial charge >= 0.3 is 0 Å². The molecule has 2 rings (SSSR count). The van der Waals surface area contributed by atoms with Gasteiger partial charge in [-0.3, -0.25) is 10.3 Å². The predicted molar refractivity (Wildman–Crippen MR) is 85.0 cm³/mol. The van der Waals surface area contributed by atoms with E-state index in [-0.39, 0.29) is 0 Å². The summed E-state index contributed by atoms with van der Waals surface area (Å²) in [5.41, 5.74) is 1.32. The first-order chi connectivity index (χ1) is 10.3. The molecule has 0 spiro atoms. The monoisotopic (exact) mass is 290 g/mol. The molecule has 0 aliphatic carbocycles. The second-order valence-corrected chi connectivity index (χ2v) is 5.56. The standard InChI is InChI=1S/C17H26N2O2/c1-20-17(18)9-6-12-21-16-8-5-7-15(13-16)14-19-10-3-2-4-11-19/h5,7-8,13,18H,2-4,6,9-12,14H2,1H3. The molecule has 0 atom stereocenters. The van der Waals surface area contributed by atoms with E-state index in [4.69, 9.17) is 14.9 Å². The fourth-order valence-corrected chi connectivity index (χ4v) is 2.63. The lowest BCUT2D eigenvalue weighted by Crippen LogP contribution is -2.29. The van der Waals surface area contributed by atoms with Crippen LogP contribution in [0.2, 0.25) is 0 Å². The zero-order valence-electron chi connectivity index (χ0n) is 12.9. The number of methoxy groups -OCH3 is 1. The van der Waals surface area contributed by atoms with Gasteiger partial charge in [-0.25, -0.2) is 0 Å². The lowest BCUT2D eigenvalue weighted by molar-refractivity contribution is 0.220. The van der Waals surface area contributed by atoms with Crippen LogP contribution >= 0.6 is 0 Å². The van der Waals surface area contributed by atoms with Gasteiger partial charge in [0.15, 0.2) is 5.90 Å². The maximum atomic E-state index is 7.41. The number of hydrogen-bond donors (Lipinski definition) is 1.